The number of hydrogen-bond donors (Lipinski definition) is 5. The van der Waals surface area contributed by atoms with Crippen molar-refractivity contribution in [2.75, 3.05) is 36.9 Å². The van der Waals surface area contributed by atoms with Crippen molar-refractivity contribution in [3.8, 4) is 17.2 Å². The molecule has 2 aromatic carbocycles. The van der Waals surface area contributed by atoms with Crippen molar-refractivity contribution in [3.05, 3.63) is 41.0 Å². The zero-order valence-corrected chi connectivity index (χ0v) is 22.3. The molecule has 0 spiro atoms. The second-order valence-electron chi connectivity index (χ2n) is 10.8. The number of benzene rings is 2. The van der Waals surface area contributed by atoms with E-state index in [9.17, 15) is 34.5 Å². The van der Waals surface area contributed by atoms with Crippen molar-refractivity contribution in [1.29, 1.82) is 0 Å². The van der Waals surface area contributed by atoms with Crippen LogP contribution in [0.3, 0.4) is 0 Å². The van der Waals surface area contributed by atoms with Crippen LogP contribution < -0.4 is 20.1 Å². The number of rotatable bonds is 6. The first-order valence-corrected chi connectivity index (χ1v) is 13.5. The first kappa shape index (κ1) is 26.8. The molecule has 2 aromatic rings. The fourth-order valence-electron chi connectivity index (χ4n) is 5.83. The number of anilines is 2. The number of ether oxygens (including phenoxy) is 2. The molecule has 0 saturated carbocycles. The number of phenolic OH excluding ortho intramolecular Hbond substituents is 1. The van der Waals surface area contributed by atoms with Gasteiger partial charge in [-0.25, -0.2) is 0 Å². The van der Waals surface area contributed by atoms with E-state index < -0.39 is 36.1 Å². The quantitative estimate of drug-likeness (QED) is 0.247. The average Bonchev–Trinajstić information content (AvgIpc) is 3.48. The Kier molecular flexibility index (Phi) is 6.70. The lowest BCUT2D eigenvalue weighted by atomic mass is 10.1. The van der Waals surface area contributed by atoms with Crippen molar-refractivity contribution in [2.24, 2.45) is 0 Å². The Balaban J connectivity index is 1.08. The maximum atomic E-state index is 13.0. The van der Waals surface area contributed by atoms with Crippen molar-refractivity contribution in [3.63, 3.8) is 0 Å². The van der Waals surface area contributed by atoms with Crippen LogP contribution in [0.1, 0.15) is 45.5 Å². The van der Waals surface area contributed by atoms with Crippen LogP contribution in [0.2, 0.25) is 0 Å². The lowest BCUT2D eigenvalue weighted by Gasteiger charge is -2.20. The van der Waals surface area contributed by atoms with Crippen LogP contribution in [-0.2, 0) is 9.59 Å². The molecule has 4 heterocycles. The van der Waals surface area contributed by atoms with Crippen molar-refractivity contribution in [2.45, 2.75) is 50.5 Å². The number of aliphatic hydroxyl groups is 2. The number of aryl methyl sites for hydroxylation is 1. The van der Waals surface area contributed by atoms with Gasteiger partial charge in [0.2, 0.25) is 11.8 Å². The molecule has 4 atom stereocenters. The molecule has 13 nitrogen and oxygen atoms in total. The number of hydrogen-bond acceptors (Lipinski definition) is 9. The van der Waals surface area contributed by atoms with Crippen LogP contribution in [-0.4, -0.2) is 99.3 Å². The van der Waals surface area contributed by atoms with Crippen molar-refractivity contribution in [1.82, 2.24) is 9.80 Å². The maximum Gasteiger partial charge on any atom is 0.256 e. The van der Waals surface area contributed by atoms with Crippen LogP contribution in [0, 0.1) is 6.92 Å². The zero-order valence-electron chi connectivity index (χ0n) is 22.3. The van der Waals surface area contributed by atoms with Crippen LogP contribution in [0.5, 0.6) is 17.2 Å². The molecule has 13 heteroatoms. The number of phenols is 1. The standard InChI is InChI=1S/C28H30N4O9/c1-13-5-16-18(29-25(36)20-6-14(33)11-31(20)27(16)38)9-23(13)40-3-2-4-41-24-10-19-17(8-22(24)35)28(39)32-12-15(34)7-21(32)26(37)30-19/h5,8-10,14-15,20-21,33-35H,2-4,6-7,11-12H2,1H3,(H,29,36)(H,30,37). The first-order chi connectivity index (χ1) is 19.6. The fraction of sp³-hybridized carbons (Fsp3) is 0.429. The Morgan fingerprint density at radius 2 is 1.27 bits per heavy atom. The third-order valence-electron chi connectivity index (χ3n) is 7.88. The minimum absolute atomic E-state index is 0.0465. The Labute approximate surface area is 234 Å². The van der Waals surface area contributed by atoms with Gasteiger partial charge in [0.1, 0.15) is 17.8 Å². The summed E-state index contributed by atoms with van der Waals surface area (Å²) < 4.78 is 11.6. The van der Waals surface area contributed by atoms with Gasteiger partial charge in [-0.15, -0.1) is 0 Å². The average molecular weight is 567 g/mol. The summed E-state index contributed by atoms with van der Waals surface area (Å²) in [4.78, 5) is 54.0. The fourth-order valence-corrected chi connectivity index (χ4v) is 5.83. The van der Waals surface area contributed by atoms with E-state index in [4.69, 9.17) is 9.47 Å². The third-order valence-corrected chi connectivity index (χ3v) is 7.88. The Bertz CT molecular complexity index is 1350. The number of fused-ring (bicyclic) bond motifs is 4. The lowest BCUT2D eigenvalue weighted by Crippen LogP contribution is -2.40. The minimum Gasteiger partial charge on any atom is -0.504 e. The van der Waals surface area contributed by atoms with E-state index in [1.165, 1.54) is 21.9 Å². The normalized spacial score (nSPS) is 25.0. The Morgan fingerprint density at radius 1 is 0.780 bits per heavy atom. The van der Waals surface area contributed by atoms with Crippen LogP contribution in [0.15, 0.2) is 24.3 Å². The van der Waals surface area contributed by atoms with E-state index in [0.29, 0.717) is 29.0 Å². The van der Waals surface area contributed by atoms with Crippen LogP contribution in [0.4, 0.5) is 11.4 Å². The SMILES string of the molecule is Cc1cc2c(cc1OCCCOc1cc3c(cc1O)C(=O)N1CC(O)CC1C(=O)N3)NC(=O)C1CC(O)CN1C2=O. The molecule has 2 saturated heterocycles. The number of carbonyl (C=O) groups is 4. The summed E-state index contributed by atoms with van der Waals surface area (Å²) in [5, 5.41) is 35.8. The smallest absolute Gasteiger partial charge is 0.256 e. The number of aliphatic hydroxyl groups excluding tert-OH is 2. The molecule has 4 aliphatic rings. The largest absolute Gasteiger partial charge is 0.504 e. The van der Waals surface area contributed by atoms with E-state index in [-0.39, 0.29) is 73.7 Å². The highest BCUT2D eigenvalue weighted by molar-refractivity contribution is 6.11. The monoisotopic (exact) mass is 566 g/mol. The molecule has 41 heavy (non-hydrogen) atoms. The zero-order chi connectivity index (χ0) is 29.0. The Morgan fingerprint density at radius 3 is 1.83 bits per heavy atom. The van der Waals surface area contributed by atoms with Gasteiger partial charge < -0.3 is 45.2 Å². The van der Waals surface area contributed by atoms with E-state index >= 15 is 0 Å². The summed E-state index contributed by atoms with van der Waals surface area (Å²) in [6, 6.07) is 4.43. The summed E-state index contributed by atoms with van der Waals surface area (Å²) in [6.45, 7) is 2.32. The minimum atomic E-state index is -0.779. The van der Waals surface area contributed by atoms with Gasteiger partial charge in [-0.2, -0.15) is 0 Å². The van der Waals surface area contributed by atoms with E-state index in [1.807, 2.05) is 0 Å². The van der Waals surface area contributed by atoms with Gasteiger partial charge in [-0.1, -0.05) is 0 Å². The van der Waals surface area contributed by atoms with E-state index in [1.54, 1.807) is 19.1 Å². The van der Waals surface area contributed by atoms with Gasteiger partial charge in [0, 0.05) is 44.5 Å². The van der Waals surface area contributed by atoms with Crippen molar-refractivity contribution < 1.29 is 44.0 Å². The highest BCUT2D eigenvalue weighted by atomic mass is 16.5. The highest BCUT2D eigenvalue weighted by Crippen LogP contribution is 2.37. The molecular formula is C28H30N4O9. The molecule has 2 fully saturated rings. The third kappa shape index (κ3) is 4.80. The summed E-state index contributed by atoms with van der Waals surface area (Å²) in [5.41, 5.74) is 1.72. The molecule has 0 bridgehead atoms. The molecule has 216 valence electrons. The molecule has 4 unspecified atom stereocenters. The van der Waals surface area contributed by atoms with Gasteiger partial charge in [-0.05, 0) is 24.6 Å². The van der Waals surface area contributed by atoms with Gasteiger partial charge >= 0.3 is 0 Å². The summed E-state index contributed by atoms with van der Waals surface area (Å²) >= 11 is 0. The number of nitrogens with one attached hydrogen (secondary N) is 2. The number of nitrogens with zero attached hydrogens (tertiary/aromatic N) is 2. The maximum absolute atomic E-state index is 13.0. The van der Waals surface area contributed by atoms with Gasteiger partial charge in [0.15, 0.2) is 11.5 Å². The van der Waals surface area contributed by atoms with E-state index in [0.717, 1.165) is 0 Å². The number of aromatic hydroxyl groups is 1. The predicted octanol–water partition coefficient (Wildman–Crippen LogP) is 0.604. The molecule has 6 rings (SSSR count). The van der Waals surface area contributed by atoms with Crippen molar-refractivity contribution >= 4 is 35.0 Å². The molecule has 5 N–H and O–H groups in total. The summed E-state index contributed by atoms with van der Waals surface area (Å²) in [6.07, 6.45) is -0.761. The number of carbonyl (C=O) groups excluding carboxylic acids is 4. The molecule has 0 radical (unpaired) electrons. The van der Waals surface area contributed by atoms with Gasteiger partial charge in [0.05, 0.1) is 47.9 Å². The first-order valence-electron chi connectivity index (χ1n) is 13.5. The predicted molar refractivity (Wildman–Crippen MR) is 143 cm³/mol. The molecule has 0 aliphatic carbocycles. The van der Waals surface area contributed by atoms with Gasteiger partial charge in [0.25, 0.3) is 11.8 Å². The van der Waals surface area contributed by atoms with Gasteiger partial charge in [-0.3, -0.25) is 19.2 Å². The molecule has 4 amide bonds. The second-order valence-corrected chi connectivity index (χ2v) is 10.8. The Hall–Kier alpha value is -4.36. The van der Waals surface area contributed by atoms with Crippen LogP contribution >= 0.6 is 0 Å². The highest BCUT2D eigenvalue weighted by Gasteiger charge is 2.43. The number of amides is 4. The molecule has 0 aromatic heterocycles. The summed E-state index contributed by atoms with van der Waals surface area (Å²) in [5.74, 6) is -1.23. The molecule has 4 aliphatic heterocycles. The summed E-state index contributed by atoms with van der Waals surface area (Å²) in [7, 11) is 0. The van der Waals surface area contributed by atoms with E-state index in [2.05, 4.69) is 10.6 Å². The topological polar surface area (TPSA) is 178 Å². The van der Waals surface area contributed by atoms with Crippen LogP contribution in [0.25, 0.3) is 0 Å². The molecular weight excluding hydrogens is 536 g/mol. The lowest BCUT2D eigenvalue weighted by molar-refractivity contribution is -0.120. The second kappa shape index (κ2) is 10.2.